The summed E-state index contributed by atoms with van der Waals surface area (Å²) in [6.45, 7) is 6.55. The first-order valence-corrected chi connectivity index (χ1v) is 4.33. The summed E-state index contributed by atoms with van der Waals surface area (Å²) in [7, 11) is 0. The molecule has 0 aliphatic heterocycles. The SMILES string of the molecule is C.C.CC(C)C(F)F.CC(C)CC(F)F. The topological polar surface area (TPSA) is 0 Å². The van der Waals surface area contributed by atoms with Gasteiger partial charge >= 0.3 is 0 Å². The second-order valence-electron chi connectivity index (χ2n) is 3.60. The third kappa shape index (κ3) is 31.6. The van der Waals surface area contributed by atoms with Crippen molar-refractivity contribution in [2.45, 2.75) is 61.8 Å². The molecule has 98 valence electrons. The van der Waals surface area contributed by atoms with E-state index >= 15 is 0 Å². The molecule has 0 nitrogen and oxygen atoms in total. The zero-order valence-corrected chi connectivity index (χ0v) is 8.53. The quantitative estimate of drug-likeness (QED) is 0.567. The Hall–Kier alpha value is -0.280. The van der Waals surface area contributed by atoms with E-state index in [0.717, 1.165) is 0 Å². The lowest BCUT2D eigenvalue weighted by atomic mass is 10.1. The molecule has 0 amide bonds. The van der Waals surface area contributed by atoms with Crippen LogP contribution >= 0.6 is 0 Å². The van der Waals surface area contributed by atoms with Gasteiger partial charge in [-0.15, -0.1) is 0 Å². The van der Waals surface area contributed by atoms with E-state index < -0.39 is 18.8 Å². The van der Waals surface area contributed by atoms with E-state index in [-0.39, 0.29) is 27.2 Å². The van der Waals surface area contributed by atoms with Crippen LogP contribution in [0.1, 0.15) is 49.0 Å². The normalized spacial score (nSPS) is 9.60. The van der Waals surface area contributed by atoms with Crippen LogP contribution in [-0.2, 0) is 0 Å². The van der Waals surface area contributed by atoms with Crippen LogP contribution in [0.4, 0.5) is 17.6 Å². The number of halogens is 4. The van der Waals surface area contributed by atoms with Crippen molar-refractivity contribution in [3.63, 3.8) is 0 Å². The first-order valence-electron chi connectivity index (χ1n) is 4.33. The molecule has 0 spiro atoms. The molecule has 0 unspecified atom stereocenters. The molecule has 15 heavy (non-hydrogen) atoms. The first kappa shape index (κ1) is 24.1. The standard InChI is InChI=1S/C5H10F2.C4H8F2.2CH4/c1-4(2)3-5(6)7;1-3(2)4(5)6;;/h4-5H,3H2,1-2H3;3-4H,1-2H3;2*1H4. The first-order chi connectivity index (χ1) is 5.77. The molecule has 0 aromatic carbocycles. The van der Waals surface area contributed by atoms with Crippen LogP contribution in [0, 0.1) is 11.8 Å². The molecule has 0 heterocycles. The third-order valence-electron chi connectivity index (χ3n) is 1.15. The fourth-order valence-electron chi connectivity index (χ4n) is 0.356. The Morgan fingerprint density at radius 2 is 1.07 bits per heavy atom. The molecule has 0 atom stereocenters. The van der Waals surface area contributed by atoms with Gasteiger partial charge in [-0.3, -0.25) is 0 Å². The van der Waals surface area contributed by atoms with Crippen LogP contribution in [0.15, 0.2) is 0 Å². The molecule has 0 aromatic heterocycles. The predicted octanol–water partition coefficient (Wildman–Crippen LogP) is 5.48. The zero-order valence-electron chi connectivity index (χ0n) is 8.53. The summed E-state index contributed by atoms with van der Waals surface area (Å²) in [6.07, 6.45) is -4.25. The molecule has 0 aromatic rings. The van der Waals surface area contributed by atoms with Crippen LogP contribution in [0.25, 0.3) is 0 Å². The molecule has 0 aliphatic carbocycles. The maximum Gasteiger partial charge on any atom is 0.240 e. The van der Waals surface area contributed by atoms with Crippen LogP contribution in [-0.4, -0.2) is 12.9 Å². The highest BCUT2D eigenvalue weighted by Gasteiger charge is 2.05. The summed E-state index contributed by atoms with van der Waals surface area (Å²) >= 11 is 0. The second-order valence-corrected chi connectivity index (χ2v) is 3.60. The molecular formula is C11H26F4. The summed E-state index contributed by atoms with van der Waals surface area (Å²) in [4.78, 5) is 0. The average Bonchev–Trinajstić information content (AvgIpc) is 1.84. The van der Waals surface area contributed by atoms with Gasteiger partial charge in [-0.05, 0) is 5.92 Å². The van der Waals surface area contributed by atoms with E-state index in [9.17, 15) is 17.6 Å². The van der Waals surface area contributed by atoms with Gasteiger partial charge < -0.3 is 0 Å². The zero-order chi connectivity index (χ0) is 11.0. The molecule has 0 saturated carbocycles. The lowest BCUT2D eigenvalue weighted by Crippen LogP contribution is -1.99. The molecule has 0 aliphatic rings. The van der Waals surface area contributed by atoms with E-state index in [1.807, 2.05) is 0 Å². The van der Waals surface area contributed by atoms with Gasteiger partial charge in [0.1, 0.15) is 0 Å². The van der Waals surface area contributed by atoms with Crippen molar-refractivity contribution in [2.75, 3.05) is 0 Å². The van der Waals surface area contributed by atoms with Crippen molar-refractivity contribution in [3.8, 4) is 0 Å². The van der Waals surface area contributed by atoms with Crippen LogP contribution in [0.2, 0.25) is 0 Å². The van der Waals surface area contributed by atoms with Crippen molar-refractivity contribution >= 4 is 0 Å². The third-order valence-corrected chi connectivity index (χ3v) is 1.15. The monoisotopic (exact) mass is 234 g/mol. The lowest BCUT2D eigenvalue weighted by Gasteiger charge is -1.99. The Balaban J connectivity index is -0.0000000718. The highest BCUT2D eigenvalue weighted by molar-refractivity contribution is 4.44. The Labute approximate surface area is 92.1 Å². The van der Waals surface area contributed by atoms with Crippen molar-refractivity contribution < 1.29 is 17.6 Å². The van der Waals surface area contributed by atoms with E-state index in [4.69, 9.17) is 0 Å². The molecule has 0 saturated heterocycles. The maximum atomic E-state index is 11.3. The van der Waals surface area contributed by atoms with Gasteiger partial charge in [0.05, 0.1) is 0 Å². The van der Waals surface area contributed by atoms with E-state index in [1.54, 1.807) is 13.8 Å². The largest absolute Gasteiger partial charge is 0.240 e. The molecule has 0 rings (SSSR count). The molecule has 0 N–H and O–H groups in total. The fraction of sp³-hybridized carbons (Fsp3) is 1.00. The predicted molar refractivity (Wildman–Crippen MR) is 59.8 cm³/mol. The molecule has 0 radical (unpaired) electrons. The summed E-state index contributed by atoms with van der Waals surface area (Å²) in [5, 5.41) is 0. The van der Waals surface area contributed by atoms with Gasteiger partial charge in [0.25, 0.3) is 0 Å². The van der Waals surface area contributed by atoms with Crippen LogP contribution in [0.3, 0.4) is 0 Å². The average molecular weight is 234 g/mol. The Kier molecular flexibility index (Phi) is 22.1. The van der Waals surface area contributed by atoms with E-state index in [0.29, 0.717) is 0 Å². The highest BCUT2D eigenvalue weighted by Crippen LogP contribution is 2.07. The second kappa shape index (κ2) is 13.7. The Bertz CT molecular complexity index is 88.8. The highest BCUT2D eigenvalue weighted by atomic mass is 19.3. The van der Waals surface area contributed by atoms with Crippen LogP contribution < -0.4 is 0 Å². The number of hydrogen-bond acceptors (Lipinski definition) is 0. The van der Waals surface area contributed by atoms with Crippen molar-refractivity contribution in [2.24, 2.45) is 11.8 Å². The van der Waals surface area contributed by atoms with E-state index in [1.165, 1.54) is 13.8 Å². The number of alkyl halides is 4. The lowest BCUT2D eigenvalue weighted by molar-refractivity contribution is 0.0955. The van der Waals surface area contributed by atoms with Gasteiger partial charge in [-0.1, -0.05) is 42.5 Å². The summed E-state index contributed by atoms with van der Waals surface area (Å²) < 4.78 is 44.9. The maximum absolute atomic E-state index is 11.3. The summed E-state index contributed by atoms with van der Waals surface area (Å²) in [6, 6.07) is 0. The van der Waals surface area contributed by atoms with Crippen LogP contribution in [0.5, 0.6) is 0 Å². The number of hydrogen-bond donors (Lipinski definition) is 0. The van der Waals surface area contributed by atoms with Gasteiger partial charge in [-0.25, -0.2) is 17.6 Å². The number of rotatable bonds is 3. The van der Waals surface area contributed by atoms with Crippen molar-refractivity contribution in [1.29, 1.82) is 0 Å². The Morgan fingerprint density at radius 3 is 1.07 bits per heavy atom. The van der Waals surface area contributed by atoms with Gasteiger partial charge in [0, 0.05) is 12.3 Å². The molecule has 0 fully saturated rings. The minimum atomic E-state index is -2.15. The smallest absolute Gasteiger partial charge is 0.211 e. The fourth-order valence-corrected chi connectivity index (χ4v) is 0.356. The molecular weight excluding hydrogens is 208 g/mol. The van der Waals surface area contributed by atoms with Crippen molar-refractivity contribution in [3.05, 3.63) is 0 Å². The minimum absolute atomic E-state index is 0. The molecule has 0 bridgehead atoms. The minimum Gasteiger partial charge on any atom is -0.211 e. The van der Waals surface area contributed by atoms with Gasteiger partial charge in [0.2, 0.25) is 12.9 Å². The van der Waals surface area contributed by atoms with Crippen molar-refractivity contribution in [1.82, 2.24) is 0 Å². The van der Waals surface area contributed by atoms with E-state index in [2.05, 4.69) is 0 Å². The van der Waals surface area contributed by atoms with Gasteiger partial charge in [-0.2, -0.15) is 0 Å². The summed E-state index contributed by atoms with van der Waals surface area (Å²) in [5.41, 5.74) is 0. The Morgan fingerprint density at radius 1 is 0.800 bits per heavy atom. The van der Waals surface area contributed by atoms with Gasteiger partial charge in [0.15, 0.2) is 0 Å². The molecule has 4 heteroatoms. The summed E-state index contributed by atoms with van der Waals surface area (Å²) in [5.74, 6) is -0.356.